The van der Waals surface area contributed by atoms with Crippen molar-refractivity contribution in [2.45, 2.75) is 6.92 Å². The molecule has 4 N–H and O–H groups in total. The summed E-state index contributed by atoms with van der Waals surface area (Å²) >= 11 is 6.12. The molecule has 0 unspecified atom stereocenters. The minimum atomic E-state index is -0.815. The van der Waals surface area contributed by atoms with Crippen molar-refractivity contribution >= 4 is 40.8 Å². The largest absolute Gasteiger partial charge is 0.481 e. The standard InChI is InChI=1S/C31H27ClN8O4/c1-17-26(30(42)40(38(17)2)23-5-3-4-21(32)13-23)29(41)36-22-8-6-18(7-9-22)27-28(33)35-14-24(37-27)19-10-11-34-25(12-19)39-15-20(16-39)31(43)44/h3-14,20H,15-16H2,1-2H3,(H2,33,35)(H,36,41)(H,43,44). The van der Waals surface area contributed by atoms with Crippen LogP contribution in [0.2, 0.25) is 5.02 Å². The summed E-state index contributed by atoms with van der Waals surface area (Å²) in [6.45, 7) is 2.50. The molecule has 12 nitrogen and oxygen atoms in total. The van der Waals surface area contributed by atoms with Gasteiger partial charge in [0.05, 0.1) is 29.2 Å². The third-order valence-electron chi connectivity index (χ3n) is 7.65. The number of amides is 1. The number of halogens is 1. The van der Waals surface area contributed by atoms with Crippen LogP contribution in [0.4, 0.5) is 17.3 Å². The number of hydrogen-bond acceptors (Lipinski definition) is 8. The number of nitrogen functional groups attached to an aromatic ring is 1. The van der Waals surface area contributed by atoms with Gasteiger partial charge in [0, 0.05) is 48.2 Å². The van der Waals surface area contributed by atoms with E-state index in [2.05, 4.69) is 15.3 Å². The first kappa shape index (κ1) is 28.6. The number of aromatic nitrogens is 5. The number of rotatable bonds is 7. The number of carboxylic acids is 1. The summed E-state index contributed by atoms with van der Waals surface area (Å²) in [6.07, 6.45) is 3.22. The number of nitrogens with zero attached hydrogens (tertiary/aromatic N) is 6. The number of carbonyl (C=O) groups is 2. The van der Waals surface area contributed by atoms with E-state index in [-0.39, 0.29) is 11.4 Å². The molecule has 0 bridgehead atoms. The van der Waals surface area contributed by atoms with Crippen molar-refractivity contribution in [3.63, 3.8) is 0 Å². The Morgan fingerprint density at radius 3 is 2.50 bits per heavy atom. The Bertz CT molecular complexity index is 1980. The molecule has 0 aliphatic carbocycles. The van der Waals surface area contributed by atoms with E-state index in [9.17, 15) is 19.5 Å². The highest BCUT2D eigenvalue weighted by Crippen LogP contribution is 2.30. The minimum absolute atomic E-state index is 0.0211. The van der Waals surface area contributed by atoms with E-state index < -0.39 is 23.4 Å². The second-order valence-electron chi connectivity index (χ2n) is 10.4. The van der Waals surface area contributed by atoms with E-state index in [0.717, 1.165) is 5.56 Å². The van der Waals surface area contributed by atoms with Gasteiger partial charge in [-0.15, -0.1) is 0 Å². The van der Waals surface area contributed by atoms with E-state index in [1.807, 2.05) is 11.0 Å². The zero-order valence-electron chi connectivity index (χ0n) is 23.7. The van der Waals surface area contributed by atoms with E-state index in [1.165, 1.54) is 4.68 Å². The number of benzene rings is 2. The van der Waals surface area contributed by atoms with Crippen molar-refractivity contribution in [2.75, 3.05) is 29.0 Å². The van der Waals surface area contributed by atoms with Crippen molar-refractivity contribution in [1.29, 1.82) is 0 Å². The number of hydrogen-bond donors (Lipinski definition) is 3. The first-order valence-corrected chi connectivity index (χ1v) is 14.0. The van der Waals surface area contributed by atoms with Crippen LogP contribution in [0.25, 0.3) is 28.2 Å². The Labute approximate surface area is 256 Å². The molecule has 44 heavy (non-hydrogen) atoms. The van der Waals surface area contributed by atoms with Gasteiger partial charge in [-0.1, -0.05) is 29.8 Å². The maximum absolute atomic E-state index is 13.3. The molecular weight excluding hydrogens is 584 g/mol. The third kappa shape index (κ3) is 5.26. The maximum atomic E-state index is 13.3. The zero-order chi connectivity index (χ0) is 31.1. The molecule has 2 aromatic carbocycles. The van der Waals surface area contributed by atoms with Crippen LogP contribution in [-0.2, 0) is 11.8 Å². The van der Waals surface area contributed by atoms with Gasteiger partial charge in [0.15, 0.2) is 0 Å². The van der Waals surface area contributed by atoms with Crippen LogP contribution in [-0.4, -0.2) is 54.4 Å². The molecule has 4 heterocycles. The molecule has 6 rings (SSSR count). The molecule has 5 aromatic rings. The predicted molar refractivity (Wildman–Crippen MR) is 167 cm³/mol. The number of carboxylic acid groups (broad SMARTS) is 1. The average molecular weight is 611 g/mol. The van der Waals surface area contributed by atoms with Gasteiger partial charge >= 0.3 is 5.97 Å². The normalized spacial score (nSPS) is 13.0. The maximum Gasteiger partial charge on any atom is 0.310 e. The van der Waals surface area contributed by atoms with Crippen molar-refractivity contribution in [3.05, 3.63) is 99.7 Å². The molecule has 0 saturated carbocycles. The molecule has 0 atom stereocenters. The van der Waals surface area contributed by atoms with E-state index in [1.54, 1.807) is 85.6 Å². The van der Waals surface area contributed by atoms with Crippen LogP contribution in [0.1, 0.15) is 16.1 Å². The lowest BCUT2D eigenvalue weighted by Gasteiger charge is -2.37. The lowest BCUT2D eigenvalue weighted by Crippen LogP contribution is -2.50. The molecule has 1 aliphatic rings. The van der Waals surface area contributed by atoms with Gasteiger partial charge in [0.2, 0.25) is 0 Å². The summed E-state index contributed by atoms with van der Waals surface area (Å²) in [6, 6.07) is 17.4. The van der Waals surface area contributed by atoms with Crippen molar-refractivity contribution in [1.82, 2.24) is 24.3 Å². The first-order valence-electron chi connectivity index (χ1n) is 13.6. The summed E-state index contributed by atoms with van der Waals surface area (Å²) in [5.74, 6) is -0.866. The molecule has 1 fully saturated rings. The SMILES string of the molecule is Cc1c(C(=O)Nc2ccc(-c3nc(-c4ccnc(N5CC(C(=O)O)C5)c4)cnc3N)cc2)c(=O)n(-c2cccc(Cl)c2)n1C. The van der Waals surface area contributed by atoms with Crippen LogP contribution in [0.5, 0.6) is 0 Å². The Balaban J connectivity index is 1.22. The zero-order valence-corrected chi connectivity index (χ0v) is 24.5. The van der Waals surface area contributed by atoms with E-state index in [0.29, 0.717) is 58.0 Å². The van der Waals surface area contributed by atoms with Gasteiger partial charge in [0.1, 0.15) is 22.9 Å². The van der Waals surface area contributed by atoms with Crippen LogP contribution >= 0.6 is 11.6 Å². The fourth-order valence-electron chi connectivity index (χ4n) is 5.10. The summed E-state index contributed by atoms with van der Waals surface area (Å²) < 4.78 is 3.01. The molecule has 1 amide bonds. The van der Waals surface area contributed by atoms with Crippen molar-refractivity contribution in [2.24, 2.45) is 13.0 Å². The van der Waals surface area contributed by atoms with E-state index in [4.69, 9.17) is 22.3 Å². The van der Waals surface area contributed by atoms with Crippen molar-refractivity contribution < 1.29 is 14.7 Å². The summed E-state index contributed by atoms with van der Waals surface area (Å²) in [5, 5.41) is 12.5. The number of anilines is 3. The molecule has 0 radical (unpaired) electrons. The highest BCUT2D eigenvalue weighted by Gasteiger charge is 2.33. The van der Waals surface area contributed by atoms with Gasteiger partial charge in [-0.25, -0.2) is 19.6 Å². The summed E-state index contributed by atoms with van der Waals surface area (Å²) in [5.41, 5.74) is 9.73. The Hall–Kier alpha value is -5.49. The van der Waals surface area contributed by atoms with Gasteiger partial charge in [-0.3, -0.25) is 19.1 Å². The molecule has 1 aliphatic heterocycles. The molecule has 13 heteroatoms. The number of pyridine rings is 1. The molecule has 0 spiro atoms. The second-order valence-corrected chi connectivity index (χ2v) is 10.9. The Morgan fingerprint density at radius 1 is 1.05 bits per heavy atom. The van der Waals surface area contributed by atoms with Gasteiger partial charge in [-0.2, -0.15) is 0 Å². The molecule has 1 saturated heterocycles. The minimum Gasteiger partial charge on any atom is -0.481 e. The fraction of sp³-hybridized carbons (Fsp3) is 0.161. The second kappa shape index (κ2) is 11.3. The number of aliphatic carboxylic acids is 1. The quantitative estimate of drug-likeness (QED) is 0.247. The third-order valence-corrected chi connectivity index (χ3v) is 7.88. The van der Waals surface area contributed by atoms with E-state index >= 15 is 0 Å². The Kier molecular flexibility index (Phi) is 7.35. The smallest absolute Gasteiger partial charge is 0.310 e. The summed E-state index contributed by atoms with van der Waals surface area (Å²) in [7, 11) is 1.70. The summed E-state index contributed by atoms with van der Waals surface area (Å²) in [4.78, 5) is 53.0. The lowest BCUT2D eigenvalue weighted by atomic mass is 10.0. The van der Waals surface area contributed by atoms with Crippen LogP contribution in [0.15, 0.2) is 77.9 Å². The Morgan fingerprint density at radius 2 is 1.80 bits per heavy atom. The molecule has 3 aromatic heterocycles. The van der Waals surface area contributed by atoms with Gasteiger partial charge < -0.3 is 21.1 Å². The molecular formula is C31H27ClN8O4. The first-order chi connectivity index (χ1) is 21.1. The number of nitrogens with two attached hydrogens (primary N) is 1. The van der Waals surface area contributed by atoms with Gasteiger partial charge in [0.25, 0.3) is 11.5 Å². The topological polar surface area (TPSA) is 161 Å². The lowest BCUT2D eigenvalue weighted by molar-refractivity contribution is -0.142. The number of nitrogens with one attached hydrogen (secondary N) is 1. The number of carbonyl (C=O) groups excluding carboxylic acids is 1. The average Bonchev–Trinajstić information content (AvgIpc) is 3.20. The highest BCUT2D eigenvalue weighted by molar-refractivity contribution is 6.30. The van der Waals surface area contributed by atoms with Crippen LogP contribution < -0.4 is 21.5 Å². The van der Waals surface area contributed by atoms with Crippen LogP contribution in [0.3, 0.4) is 0 Å². The fourth-order valence-corrected chi connectivity index (χ4v) is 5.28. The monoisotopic (exact) mass is 610 g/mol. The molecule has 222 valence electrons. The van der Waals surface area contributed by atoms with Crippen molar-refractivity contribution in [3.8, 4) is 28.2 Å². The predicted octanol–water partition coefficient (Wildman–Crippen LogP) is 4.01. The highest BCUT2D eigenvalue weighted by atomic mass is 35.5. The van der Waals surface area contributed by atoms with Crippen LogP contribution in [0, 0.1) is 12.8 Å². The van der Waals surface area contributed by atoms with Gasteiger partial charge in [-0.05, 0) is 49.4 Å².